The number of benzene rings is 3. The first kappa shape index (κ1) is 27.6. The maximum Gasteiger partial charge on any atom is 0.0933 e. The summed E-state index contributed by atoms with van der Waals surface area (Å²) >= 11 is 0. The summed E-state index contributed by atoms with van der Waals surface area (Å²) < 4.78 is 1.96. The van der Waals surface area contributed by atoms with Gasteiger partial charge in [-0.1, -0.05) is 87.4 Å². The molecule has 0 saturated heterocycles. The van der Waals surface area contributed by atoms with Crippen LogP contribution in [0.1, 0.15) is 39.5 Å². The quantitative estimate of drug-likeness (QED) is 0.210. The molecule has 2 nitrogen and oxygen atoms in total. The molecule has 3 heteroatoms. The minimum Gasteiger partial charge on any atom is -0.343 e. The van der Waals surface area contributed by atoms with E-state index in [0.29, 0.717) is 0 Å². The Morgan fingerprint density at radius 3 is 1.72 bits per heavy atom. The average Bonchev–Trinajstić information content (AvgIpc) is 3.32. The first-order chi connectivity index (χ1) is 15.2. The second-order valence-corrected chi connectivity index (χ2v) is 7.01. The van der Waals surface area contributed by atoms with E-state index in [2.05, 4.69) is 64.1 Å². The van der Waals surface area contributed by atoms with Gasteiger partial charge in [0, 0.05) is 32.2 Å². The zero-order valence-electron chi connectivity index (χ0n) is 19.1. The zero-order chi connectivity index (χ0) is 22.3. The number of nitrogens with zero attached hydrogens (tertiary/aromatic N) is 2. The minimum atomic E-state index is 0. The van der Waals surface area contributed by atoms with Crippen LogP contribution < -0.4 is 0 Å². The normalized spacial score (nSPS) is 9.50. The van der Waals surface area contributed by atoms with Gasteiger partial charge in [0.2, 0.25) is 0 Å². The van der Waals surface area contributed by atoms with Gasteiger partial charge in [-0.15, -0.1) is 6.07 Å². The molecule has 0 atom stereocenters. The molecule has 3 aromatic carbocycles. The molecule has 32 heavy (non-hydrogen) atoms. The third-order valence-electron chi connectivity index (χ3n) is 4.48. The summed E-state index contributed by atoms with van der Waals surface area (Å²) in [5.41, 5.74) is 5.21. The van der Waals surface area contributed by atoms with Crippen molar-refractivity contribution in [1.29, 1.82) is 0 Å². The van der Waals surface area contributed by atoms with Crippen molar-refractivity contribution in [3.63, 3.8) is 0 Å². The van der Waals surface area contributed by atoms with Crippen LogP contribution in [0.25, 0.3) is 28.2 Å². The fourth-order valence-corrected chi connectivity index (χ4v) is 2.64. The van der Waals surface area contributed by atoms with Crippen molar-refractivity contribution in [3.05, 3.63) is 111 Å². The molecule has 0 aliphatic rings. The second kappa shape index (κ2) is 16.2. The maximum absolute atomic E-state index is 4.81. The Morgan fingerprint density at radius 2 is 1.25 bits per heavy atom. The van der Waals surface area contributed by atoms with Gasteiger partial charge in [-0.25, -0.2) is 0 Å². The SMILES string of the molecule is [CH2-]CCC.[CH2-]CCC.[Pt].[c-]1ccccc1-n1nc(-c2ccccc2)cc1-c1ccccc1. The van der Waals surface area contributed by atoms with Crippen LogP contribution >= 0.6 is 0 Å². The van der Waals surface area contributed by atoms with Gasteiger partial charge < -0.3 is 13.8 Å². The van der Waals surface area contributed by atoms with Gasteiger partial charge in [0.25, 0.3) is 0 Å². The van der Waals surface area contributed by atoms with Crippen LogP contribution in [-0.4, -0.2) is 9.78 Å². The average molecular weight is 605 g/mol. The molecule has 0 radical (unpaired) electrons. The van der Waals surface area contributed by atoms with E-state index in [0.717, 1.165) is 41.0 Å². The summed E-state index contributed by atoms with van der Waals surface area (Å²) in [6.45, 7) is 11.4. The molecule has 4 aromatic rings. The predicted molar refractivity (Wildman–Crippen MR) is 134 cm³/mol. The zero-order valence-corrected chi connectivity index (χ0v) is 21.4. The molecule has 0 amide bonds. The van der Waals surface area contributed by atoms with Gasteiger partial charge in [-0.2, -0.15) is 42.2 Å². The Morgan fingerprint density at radius 1 is 0.750 bits per heavy atom. The smallest absolute Gasteiger partial charge is 0.0933 e. The molecule has 0 aliphatic carbocycles. The summed E-state index contributed by atoms with van der Waals surface area (Å²) in [7, 11) is 0. The Balaban J connectivity index is 0.000000497. The van der Waals surface area contributed by atoms with Crippen molar-refractivity contribution < 1.29 is 21.1 Å². The molecule has 4 rings (SSSR count). The number of hydrogen-bond acceptors (Lipinski definition) is 1. The Hall–Kier alpha value is -2.44. The monoisotopic (exact) mass is 604 g/mol. The molecule has 0 fully saturated rings. The fraction of sp³-hybridized carbons (Fsp3) is 0.207. The Kier molecular flexibility index (Phi) is 14.0. The van der Waals surface area contributed by atoms with E-state index in [1.165, 1.54) is 12.8 Å². The predicted octanol–water partition coefficient (Wildman–Crippen LogP) is 8.25. The van der Waals surface area contributed by atoms with Crippen LogP contribution in [0, 0.1) is 19.9 Å². The van der Waals surface area contributed by atoms with E-state index >= 15 is 0 Å². The van der Waals surface area contributed by atoms with E-state index in [1.54, 1.807) is 0 Å². The molecule has 0 spiro atoms. The number of rotatable bonds is 5. The van der Waals surface area contributed by atoms with E-state index in [9.17, 15) is 0 Å². The van der Waals surface area contributed by atoms with E-state index in [1.807, 2.05) is 65.3 Å². The number of aromatic nitrogens is 2. The molecular formula is C29H33N2Pt-3. The van der Waals surface area contributed by atoms with Gasteiger partial charge in [0.05, 0.1) is 11.4 Å². The molecule has 0 unspecified atom stereocenters. The third kappa shape index (κ3) is 8.59. The number of unbranched alkanes of at least 4 members (excludes halogenated alkanes) is 2. The Bertz CT molecular complexity index is 899. The van der Waals surface area contributed by atoms with Gasteiger partial charge >= 0.3 is 0 Å². The van der Waals surface area contributed by atoms with Crippen molar-refractivity contribution in [2.24, 2.45) is 0 Å². The van der Waals surface area contributed by atoms with Crippen LogP contribution in [0.4, 0.5) is 0 Å². The van der Waals surface area contributed by atoms with Crippen LogP contribution in [-0.2, 0) is 21.1 Å². The summed E-state index contributed by atoms with van der Waals surface area (Å²) in [4.78, 5) is 0. The van der Waals surface area contributed by atoms with Crippen molar-refractivity contribution in [1.82, 2.24) is 9.78 Å². The first-order valence-electron chi connectivity index (χ1n) is 11.0. The van der Waals surface area contributed by atoms with Crippen LogP contribution in [0.3, 0.4) is 0 Å². The minimum absolute atomic E-state index is 0. The van der Waals surface area contributed by atoms with Gasteiger partial charge in [0.1, 0.15) is 0 Å². The molecular weight excluding hydrogens is 571 g/mol. The molecule has 0 bridgehead atoms. The Labute approximate surface area is 209 Å². The first-order valence-corrected chi connectivity index (χ1v) is 11.0. The molecule has 0 saturated carbocycles. The topological polar surface area (TPSA) is 17.8 Å². The third-order valence-corrected chi connectivity index (χ3v) is 4.48. The largest absolute Gasteiger partial charge is 0.343 e. The molecule has 1 heterocycles. The van der Waals surface area contributed by atoms with Crippen molar-refractivity contribution in [3.8, 4) is 28.2 Å². The van der Waals surface area contributed by atoms with Crippen molar-refractivity contribution in [2.45, 2.75) is 39.5 Å². The summed E-state index contributed by atoms with van der Waals surface area (Å²) in [5, 5.41) is 4.81. The number of para-hydroxylation sites is 1. The van der Waals surface area contributed by atoms with Crippen LogP contribution in [0.15, 0.2) is 91.0 Å². The van der Waals surface area contributed by atoms with E-state index in [4.69, 9.17) is 5.10 Å². The summed E-state index contributed by atoms with van der Waals surface area (Å²) in [5.74, 6) is 0. The molecule has 0 N–H and O–H groups in total. The fourth-order valence-electron chi connectivity index (χ4n) is 2.64. The number of hydrogen-bond donors (Lipinski definition) is 0. The van der Waals surface area contributed by atoms with Crippen LogP contribution in [0.5, 0.6) is 0 Å². The van der Waals surface area contributed by atoms with E-state index in [-0.39, 0.29) is 21.1 Å². The van der Waals surface area contributed by atoms with E-state index < -0.39 is 0 Å². The van der Waals surface area contributed by atoms with Gasteiger partial charge in [0.15, 0.2) is 0 Å². The summed E-state index contributed by atoms with van der Waals surface area (Å²) in [6, 6.07) is 33.9. The second-order valence-electron chi connectivity index (χ2n) is 7.01. The van der Waals surface area contributed by atoms with Gasteiger partial charge in [-0.05, 0) is 11.8 Å². The standard InChI is InChI=1S/C21H15N2.2C4H9.Pt/c1-4-10-17(11-5-1)20-16-21(18-12-6-2-7-13-18)23(22-20)19-14-8-3-9-15-19;2*1-3-4-2;/h1-14,16H;2*1,3-4H2,2H3;/q3*-1;. The molecule has 0 aliphatic heterocycles. The van der Waals surface area contributed by atoms with Gasteiger partial charge in [-0.3, -0.25) is 4.68 Å². The molecule has 1 aromatic heterocycles. The van der Waals surface area contributed by atoms with Crippen LogP contribution in [0.2, 0.25) is 0 Å². The van der Waals surface area contributed by atoms with Crippen molar-refractivity contribution >= 4 is 0 Å². The maximum atomic E-state index is 4.81. The molecule has 172 valence electrons. The summed E-state index contributed by atoms with van der Waals surface area (Å²) in [6.07, 6.45) is 4.56. The van der Waals surface area contributed by atoms with Crippen molar-refractivity contribution in [2.75, 3.05) is 0 Å².